The van der Waals surface area contributed by atoms with E-state index in [1.54, 1.807) is 19.2 Å². The van der Waals surface area contributed by atoms with Gasteiger partial charge in [-0.25, -0.2) is 8.78 Å². The third-order valence-corrected chi connectivity index (χ3v) is 3.12. The van der Waals surface area contributed by atoms with E-state index in [9.17, 15) is 13.6 Å². The second-order valence-corrected chi connectivity index (χ2v) is 4.84. The van der Waals surface area contributed by atoms with Gasteiger partial charge in [-0.15, -0.1) is 0 Å². The molecule has 4 nitrogen and oxygen atoms in total. The minimum Gasteiger partial charge on any atom is -0.489 e. The Labute approximate surface area is 133 Å². The lowest BCUT2D eigenvalue weighted by atomic mass is 10.3. The van der Waals surface area contributed by atoms with Crippen LogP contribution in [0.3, 0.4) is 0 Å². The third kappa shape index (κ3) is 5.25. The van der Waals surface area contributed by atoms with Crippen molar-refractivity contribution in [1.82, 2.24) is 4.90 Å². The number of likely N-dealkylation sites (N-methyl/N-ethyl adjacent to an activating group) is 1. The normalized spacial score (nSPS) is 10.2. The van der Waals surface area contributed by atoms with Crippen molar-refractivity contribution in [3.8, 4) is 11.5 Å². The number of para-hydroxylation sites is 1. The second kappa shape index (κ2) is 8.12. The molecule has 0 fully saturated rings. The van der Waals surface area contributed by atoms with Crippen LogP contribution in [0.4, 0.5) is 8.78 Å². The van der Waals surface area contributed by atoms with Gasteiger partial charge in [-0.3, -0.25) is 4.79 Å². The maximum absolute atomic E-state index is 13.4. The summed E-state index contributed by atoms with van der Waals surface area (Å²) in [6.45, 7) is 0.293. The van der Waals surface area contributed by atoms with Crippen molar-refractivity contribution in [3.63, 3.8) is 0 Å². The lowest BCUT2D eigenvalue weighted by molar-refractivity contribution is -0.132. The Kier molecular flexibility index (Phi) is 5.91. The molecule has 0 atom stereocenters. The monoisotopic (exact) mass is 321 g/mol. The predicted molar refractivity (Wildman–Crippen MR) is 81.4 cm³/mol. The fraction of sp³-hybridized carbons (Fsp3) is 0.235. The van der Waals surface area contributed by atoms with Gasteiger partial charge in [0.15, 0.2) is 18.2 Å². The summed E-state index contributed by atoms with van der Waals surface area (Å²) in [6.07, 6.45) is 0. The van der Waals surface area contributed by atoms with Gasteiger partial charge in [0.05, 0.1) is 6.54 Å². The fourth-order valence-electron chi connectivity index (χ4n) is 1.77. The molecule has 0 saturated heterocycles. The van der Waals surface area contributed by atoms with Crippen LogP contribution in [0.5, 0.6) is 11.5 Å². The van der Waals surface area contributed by atoms with Crippen LogP contribution in [0.15, 0.2) is 48.5 Å². The molecule has 0 saturated carbocycles. The number of nitrogens with zero attached hydrogens (tertiary/aromatic N) is 1. The van der Waals surface area contributed by atoms with Crippen LogP contribution in [0.1, 0.15) is 0 Å². The minimum atomic E-state index is -0.443. The SMILES string of the molecule is CN(CCOc1ccccc1F)C(=O)COc1ccc(F)cc1. The van der Waals surface area contributed by atoms with Gasteiger partial charge in [0, 0.05) is 7.05 Å². The topological polar surface area (TPSA) is 38.8 Å². The molecule has 0 radical (unpaired) electrons. The third-order valence-electron chi connectivity index (χ3n) is 3.12. The number of hydrogen-bond donors (Lipinski definition) is 0. The number of ether oxygens (including phenoxy) is 2. The molecule has 2 rings (SSSR count). The quantitative estimate of drug-likeness (QED) is 0.787. The van der Waals surface area contributed by atoms with Crippen molar-refractivity contribution in [2.75, 3.05) is 26.8 Å². The van der Waals surface area contributed by atoms with Crippen LogP contribution in [0.25, 0.3) is 0 Å². The number of benzene rings is 2. The standard InChI is InChI=1S/C17H17F2NO3/c1-20(10-11-22-16-5-3-2-4-15(16)19)17(21)12-23-14-8-6-13(18)7-9-14/h2-9H,10-12H2,1H3. The smallest absolute Gasteiger partial charge is 0.260 e. The molecule has 0 aliphatic rings. The largest absolute Gasteiger partial charge is 0.489 e. The zero-order valence-electron chi connectivity index (χ0n) is 12.7. The van der Waals surface area contributed by atoms with Crippen LogP contribution in [-0.4, -0.2) is 37.6 Å². The van der Waals surface area contributed by atoms with Gasteiger partial charge in [0.2, 0.25) is 0 Å². The first-order chi connectivity index (χ1) is 11.1. The highest BCUT2D eigenvalue weighted by Gasteiger charge is 2.10. The molecule has 0 N–H and O–H groups in total. The number of carbonyl (C=O) groups is 1. The Morgan fingerprint density at radius 2 is 1.74 bits per heavy atom. The molecule has 0 heterocycles. The van der Waals surface area contributed by atoms with Gasteiger partial charge in [-0.1, -0.05) is 12.1 Å². The van der Waals surface area contributed by atoms with Crippen molar-refractivity contribution in [2.45, 2.75) is 0 Å². The lowest BCUT2D eigenvalue weighted by Gasteiger charge is -2.18. The zero-order chi connectivity index (χ0) is 16.7. The second-order valence-electron chi connectivity index (χ2n) is 4.84. The van der Waals surface area contributed by atoms with Crippen LogP contribution in [0.2, 0.25) is 0 Å². The maximum Gasteiger partial charge on any atom is 0.260 e. The molecule has 122 valence electrons. The number of hydrogen-bond acceptors (Lipinski definition) is 3. The van der Waals surface area contributed by atoms with Gasteiger partial charge < -0.3 is 14.4 Å². The number of halogens is 2. The molecule has 0 bridgehead atoms. The highest BCUT2D eigenvalue weighted by molar-refractivity contribution is 5.77. The molecule has 0 aliphatic carbocycles. The van der Waals surface area contributed by atoms with E-state index in [2.05, 4.69) is 0 Å². The Morgan fingerprint density at radius 1 is 1.04 bits per heavy atom. The highest BCUT2D eigenvalue weighted by atomic mass is 19.1. The number of carbonyl (C=O) groups excluding carboxylic acids is 1. The summed E-state index contributed by atoms with van der Waals surface area (Å²) in [5.74, 6) is -0.509. The summed E-state index contributed by atoms with van der Waals surface area (Å²) in [7, 11) is 1.60. The van der Waals surface area contributed by atoms with Gasteiger partial charge >= 0.3 is 0 Å². The first kappa shape index (κ1) is 16.7. The van der Waals surface area contributed by atoms with E-state index in [0.717, 1.165) is 0 Å². The van der Waals surface area contributed by atoms with E-state index in [4.69, 9.17) is 9.47 Å². The summed E-state index contributed by atoms with van der Waals surface area (Å²) in [4.78, 5) is 13.3. The van der Waals surface area contributed by atoms with Gasteiger partial charge in [0.25, 0.3) is 5.91 Å². The van der Waals surface area contributed by atoms with Crippen molar-refractivity contribution >= 4 is 5.91 Å². The Balaban J connectivity index is 1.72. The van der Waals surface area contributed by atoms with Crippen molar-refractivity contribution in [1.29, 1.82) is 0 Å². The van der Waals surface area contributed by atoms with E-state index in [0.29, 0.717) is 12.3 Å². The summed E-state index contributed by atoms with van der Waals surface area (Å²) in [5.41, 5.74) is 0. The van der Waals surface area contributed by atoms with Crippen molar-refractivity contribution in [3.05, 3.63) is 60.2 Å². The van der Waals surface area contributed by atoms with Crippen LogP contribution >= 0.6 is 0 Å². The van der Waals surface area contributed by atoms with Gasteiger partial charge in [0.1, 0.15) is 18.2 Å². The summed E-state index contributed by atoms with van der Waals surface area (Å²) < 4.78 is 36.7. The number of rotatable bonds is 7. The van der Waals surface area contributed by atoms with Crippen molar-refractivity contribution in [2.24, 2.45) is 0 Å². The number of amides is 1. The van der Waals surface area contributed by atoms with E-state index < -0.39 is 5.82 Å². The molecule has 1 amide bonds. The van der Waals surface area contributed by atoms with Crippen LogP contribution in [0, 0.1) is 11.6 Å². The van der Waals surface area contributed by atoms with Crippen molar-refractivity contribution < 1.29 is 23.0 Å². The first-order valence-electron chi connectivity index (χ1n) is 7.06. The average molecular weight is 321 g/mol. The minimum absolute atomic E-state index is 0.149. The maximum atomic E-state index is 13.4. The fourth-order valence-corrected chi connectivity index (χ4v) is 1.77. The summed E-state index contributed by atoms with van der Waals surface area (Å²) in [5, 5.41) is 0. The van der Waals surface area contributed by atoms with Crippen LogP contribution in [-0.2, 0) is 4.79 Å². The molecule has 2 aromatic carbocycles. The lowest BCUT2D eigenvalue weighted by Crippen LogP contribution is -2.34. The van der Waals surface area contributed by atoms with Gasteiger partial charge in [-0.05, 0) is 36.4 Å². The Hall–Kier alpha value is -2.63. The van der Waals surface area contributed by atoms with Crippen LogP contribution < -0.4 is 9.47 Å². The molecule has 23 heavy (non-hydrogen) atoms. The zero-order valence-corrected chi connectivity index (χ0v) is 12.7. The van der Waals surface area contributed by atoms with Gasteiger partial charge in [-0.2, -0.15) is 0 Å². The molecule has 6 heteroatoms. The summed E-state index contributed by atoms with van der Waals surface area (Å²) >= 11 is 0. The van der Waals surface area contributed by atoms with E-state index in [1.807, 2.05) is 0 Å². The Bertz CT molecular complexity index is 647. The van der Waals surface area contributed by atoms with E-state index in [1.165, 1.54) is 41.3 Å². The molecule has 2 aromatic rings. The van der Waals surface area contributed by atoms with E-state index >= 15 is 0 Å². The molecule has 0 unspecified atom stereocenters. The molecular weight excluding hydrogens is 304 g/mol. The average Bonchev–Trinajstić information content (AvgIpc) is 2.55. The first-order valence-corrected chi connectivity index (χ1v) is 7.06. The Morgan fingerprint density at radius 3 is 2.43 bits per heavy atom. The highest BCUT2D eigenvalue weighted by Crippen LogP contribution is 2.15. The van der Waals surface area contributed by atoms with E-state index in [-0.39, 0.29) is 30.7 Å². The predicted octanol–water partition coefficient (Wildman–Crippen LogP) is 2.88. The molecule has 0 spiro atoms. The molecular formula is C17H17F2NO3. The molecule has 0 aliphatic heterocycles. The summed E-state index contributed by atoms with van der Waals surface area (Å²) in [6, 6.07) is 11.5. The molecule has 0 aromatic heterocycles.